The Balaban J connectivity index is 1.68. The number of hydrogen-bond acceptors (Lipinski definition) is 5. The van der Waals surface area contributed by atoms with E-state index in [4.69, 9.17) is 11.6 Å². The smallest absolute Gasteiger partial charge is 0.352 e. The van der Waals surface area contributed by atoms with Crippen molar-refractivity contribution in [2.75, 3.05) is 5.32 Å². The van der Waals surface area contributed by atoms with Gasteiger partial charge in [-0.15, -0.1) is 11.3 Å². The van der Waals surface area contributed by atoms with Gasteiger partial charge in [-0.2, -0.15) is 13.2 Å². The third-order valence-electron chi connectivity index (χ3n) is 4.23. The van der Waals surface area contributed by atoms with Gasteiger partial charge in [-0.3, -0.25) is 14.4 Å². The molecule has 0 aliphatic carbocycles. The van der Waals surface area contributed by atoms with Crippen molar-refractivity contribution in [3.8, 4) is 11.3 Å². The summed E-state index contributed by atoms with van der Waals surface area (Å²) in [6, 6.07) is 7.79. The van der Waals surface area contributed by atoms with Crippen LogP contribution in [0.3, 0.4) is 0 Å². The molecule has 0 fully saturated rings. The quantitative estimate of drug-likeness (QED) is 0.554. The fourth-order valence-electron chi connectivity index (χ4n) is 2.67. The predicted molar refractivity (Wildman–Crippen MR) is 114 cm³/mol. The first kappa shape index (κ1) is 23.5. The normalized spacial score (nSPS) is 11.3. The molecule has 2 amide bonds. The summed E-state index contributed by atoms with van der Waals surface area (Å²) in [5.74, 6) is -0.863. The van der Waals surface area contributed by atoms with Crippen molar-refractivity contribution < 1.29 is 22.8 Å². The first-order valence-electron chi connectivity index (χ1n) is 9.09. The minimum atomic E-state index is -4.71. The first-order chi connectivity index (χ1) is 15.0. The minimum Gasteiger partial charge on any atom is -0.352 e. The van der Waals surface area contributed by atoms with Crippen molar-refractivity contribution >= 4 is 39.9 Å². The number of amides is 2. The number of anilines is 1. The van der Waals surface area contributed by atoms with Gasteiger partial charge < -0.3 is 15.2 Å². The maximum absolute atomic E-state index is 12.9. The Labute approximate surface area is 188 Å². The average Bonchev–Trinajstić information content (AvgIpc) is 3.17. The van der Waals surface area contributed by atoms with Gasteiger partial charge in [-0.1, -0.05) is 35.9 Å². The summed E-state index contributed by atoms with van der Waals surface area (Å²) in [6.45, 7) is 1.17. The summed E-state index contributed by atoms with van der Waals surface area (Å²) in [5.41, 5.74) is 0.213. The number of halogens is 4. The zero-order valence-corrected chi connectivity index (χ0v) is 18.1. The van der Waals surface area contributed by atoms with E-state index in [1.165, 1.54) is 6.92 Å². The van der Waals surface area contributed by atoms with Crippen LogP contribution >= 0.6 is 22.9 Å². The maximum Gasteiger partial charge on any atom is 0.417 e. The molecule has 0 bridgehead atoms. The summed E-state index contributed by atoms with van der Waals surface area (Å²) >= 11 is 6.71. The molecule has 0 radical (unpaired) electrons. The summed E-state index contributed by atoms with van der Waals surface area (Å²) in [7, 11) is 0. The predicted octanol–water partition coefficient (Wildman–Crippen LogP) is 3.92. The second-order valence-corrected chi connectivity index (χ2v) is 7.97. The standard InChI is InChI=1S/C20H16ClF3N4O3S/c1-11(29)25-7-12-2-4-13(5-3-12)16-10-32-19(26-16)27-17(30)9-28-8-14(20(22,23)24)6-15(21)18(28)31/h2-6,8,10H,7,9H2,1H3,(H,25,29)(H,26,27,30). The molecule has 7 nitrogen and oxygen atoms in total. The van der Waals surface area contributed by atoms with Crippen molar-refractivity contribution in [3.05, 3.63) is 68.4 Å². The fraction of sp³-hybridized carbons (Fsp3) is 0.200. The van der Waals surface area contributed by atoms with Gasteiger partial charge in [0.2, 0.25) is 11.8 Å². The molecule has 0 unspecified atom stereocenters. The van der Waals surface area contributed by atoms with Crippen LogP contribution in [-0.2, 0) is 28.9 Å². The summed E-state index contributed by atoms with van der Waals surface area (Å²) in [5, 5.41) is 6.45. The number of nitrogens with one attached hydrogen (secondary N) is 2. The second kappa shape index (κ2) is 9.53. The molecule has 0 atom stereocenters. The zero-order valence-electron chi connectivity index (χ0n) is 16.5. The molecule has 3 aromatic rings. The largest absolute Gasteiger partial charge is 0.417 e. The molecule has 1 aromatic carbocycles. The van der Waals surface area contributed by atoms with Gasteiger partial charge in [-0.25, -0.2) is 4.98 Å². The molecule has 3 rings (SSSR count). The maximum atomic E-state index is 12.9. The molecule has 2 aromatic heterocycles. The van der Waals surface area contributed by atoms with Crippen molar-refractivity contribution in [2.45, 2.75) is 26.2 Å². The molecule has 0 spiro atoms. The highest BCUT2D eigenvalue weighted by molar-refractivity contribution is 7.14. The van der Waals surface area contributed by atoms with Crippen LogP contribution in [0.25, 0.3) is 11.3 Å². The number of hydrogen-bond donors (Lipinski definition) is 2. The number of alkyl halides is 3. The van der Waals surface area contributed by atoms with Crippen LogP contribution in [-0.4, -0.2) is 21.4 Å². The number of thiazole rings is 1. The van der Waals surface area contributed by atoms with E-state index >= 15 is 0 Å². The fourth-order valence-corrected chi connectivity index (χ4v) is 3.63. The molecule has 0 saturated carbocycles. The van der Waals surface area contributed by atoms with Crippen molar-refractivity contribution in [1.29, 1.82) is 0 Å². The Morgan fingerprint density at radius 1 is 1.22 bits per heavy atom. The lowest BCUT2D eigenvalue weighted by Gasteiger charge is -2.11. The zero-order chi connectivity index (χ0) is 23.5. The topological polar surface area (TPSA) is 93.1 Å². The molecule has 12 heteroatoms. The van der Waals surface area contributed by atoms with Crippen LogP contribution in [0.2, 0.25) is 5.02 Å². The molecule has 0 aliphatic heterocycles. The monoisotopic (exact) mass is 484 g/mol. The van der Waals surface area contributed by atoms with E-state index in [2.05, 4.69) is 15.6 Å². The van der Waals surface area contributed by atoms with Crippen LogP contribution in [0.15, 0.2) is 46.7 Å². The SMILES string of the molecule is CC(=O)NCc1ccc(-c2csc(NC(=O)Cn3cc(C(F)(F)F)cc(Cl)c3=O)n2)cc1. The van der Waals surface area contributed by atoms with Gasteiger partial charge in [0.25, 0.3) is 5.56 Å². The first-order valence-corrected chi connectivity index (χ1v) is 10.3. The van der Waals surface area contributed by atoms with Crippen LogP contribution in [0, 0.1) is 0 Å². The Bertz CT molecular complexity index is 1210. The van der Waals surface area contributed by atoms with Crippen molar-refractivity contribution in [1.82, 2.24) is 14.9 Å². The van der Waals surface area contributed by atoms with Gasteiger partial charge in [0, 0.05) is 30.6 Å². The third kappa shape index (κ3) is 5.95. The van der Waals surface area contributed by atoms with Crippen molar-refractivity contribution in [3.63, 3.8) is 0 Å². The van der Waals surface area contributed by atoms with E-state index in [-0.39, 0.29) is 11.0 Å². The Morgan fingerprint density at radius 2 is 1.91 bits per heavy atom. The lowest BCUT2D eigenvalue weighted by molar-refractivity contribution is -0.138. The summed E-state index contributed by atoms with van der Waals surface area (Å²) in [4.78, 5) is 39.5. The highest BCUT2D eigenvalue weighted by Crippen LogP contribution is 2.30. The van der Waals surface area contributed by atoms with Crippen LogP contribution in [0.1, 0.15) is 18.1 Å². The molecule has 32 heavy (non-hydrogen) atoms. The van der Waals surface area contributed by atoms with E-state index in [1.807, 2.05) is 24.3 Å². The summed E-state index contributed by atoms with van der Waals surface area (Å²) in [6.07, 6.45) is -4.17. The highest BCUT2D eigenvalue weighted by Gasteiger charge is 2.32. The molecule has 2 heterocycles. The lowest BCUT2D eigenvalue weighted by atomic mass is 10.1. The molecule has 0 saturated heterocycles. The third-order valence-corrected chi connectivity index (χ3v) is 5.25. The number of carbonyl (C=O) groups is 2. The number of rotatable bonds is 6. The van der Waals surface area contributed by atoms with Gasteiger partial charge in [0.05, 0.1) is 11.3 Å². The Hall–Kier alpha value is -3.18. The Morgan fingerprint density at radius 3 is 2.53 bits per heavy atom. The van der Waals surface area contributed by atoms with E-state index in [9.17, 15) is 27.6 Å². The molecule has 2 N–H and O–H groups in total. The number of nitrogens with zero attached hydrogens (tertiary/aromatic N) is 2. The number of benzene rings is 1. The van der Waals surface area contributed by atoms with Crippen LogP contribution in [0.5, 0.6) is 0 Å². The van der Waals surface area contributed by atoms with Gasteiger partial charge in [-0.05, 0) is 11.6 Å². The van der Waals surface area contributed by atoms with Gasteiger partial charge in [0.1, 0.15) is 11.6 Å². The van der Waals surface area contributed by atoms with Crippen molar-refractivity contribution in [2.24, 2.45) is 0 Å². The second-order valence-electron chi connectivity index (χ2n) is 6.70. The van der Waals surface area contributed by atoms with E-state index in [0.29, 0.717) is 29.1 Å². The Kier molecular flexibility index (Phi) is 6.99. The van der Waals surface area contributed by atoms with Crippen LogP contribution < -0.4 is 16.2 Å². The number of aromatic nitrogens is 2. The molecule has 0 aliphatic rings. The molecular formula is C20H16ClF3N4O3S. The minimum absolute atomic E-state index is 0.136. The highest BCUT2D eigenvalue weighted by atomic mass is 35.5. The van der Waals surface area contributed by atoms with Crippen LogP contribution in [0.4, 0.5) is 18.3 Å². The van der Waals surface area contributed by atoms with Gasteiger partial charge >= 0.3 is 6.18 Å². The van der Waals surface area contributed by atoms with E-state index in [0.717, 1.165) is 22.5 Å². The lowest BCUT2D eigenvalue weighted by Crippen LogP contribution is -2.29. The van der Waals surface area contributed by atoms with Gasteiger partial charge in [0.15, 0.2) is 5.13 Å². The average molecular weight is 485 g/mol. The number of pyridine rings is 1. The molecule has 168 valence electrons. The van der Waals surface area contributed by atoms with E-state index in [1.54, 1.807) is 5.38 Å². The number of carbonyl (C=O) groups excluding carboxylic acids is 2. The molecular weight excluding hydrogens is 469 g/mol. The van der Waals surface area contributed by atoms with E-state index < -0.39 is 34.8 Å². The summed E-state index contributed by atoms with van der Waals surface area (Å²) < 4.78 is 39.4.